The Bertz CT molecular complexity index is 834. The first-order valence-electron chi connectivity index (χ1n) is 7.99. The van der Waals surface area contributed by atoms with Gasteiger partial charge in [-0.15, -0.1) is 0 Å². The van der Waals surface area contributed by atoms with E-state index in [1.54, 1.807) is 4.90 Å². The van der Waals surface area contributed by atoms with Crippen molar-refractivity contribution in [3.63, 3.8) is 0 Å². The van der Waals surface area contributed by atoms with Crippen LogP contribution in [0, 0.1) is 19.8 Å². The maximum Gasteiger partial charge on any atom is 0.229 e. The van der Waals surface area contributed by atoms with Gasteiger partial charge in [-0.05, 0) is 61.4 Å². The highest BCUT2D eigenvalue weighted by molar-refractivity contribution is 9.10. The minimum absolute atomic E-state index is 0.0221. The Morgan fingerprint density at radius 3 is 2.44 bits per heavy atom. The molecule has 2 aromatic rings. The number of benzene rings is 2. The van der Waals surface area contributed by atoms with E-state index >= 15 is 0 Å². The van der Waals surface area contributed by atoms with Crippen LogP contribution >= 0.6 is 31.9 Å². The molecule has 4 nitrogen and oxygen atoms in total. The summed E-state index contributed by atoms with van der Waals surface area (Å²) in [7, 11) is 0. The lowest BCUT2D eigenvalue weighted by Crippen LogP contribution is -2.28. The van der Waals surface area contributed by atoms with Gasteiger partial charge in [0, 0.05) is 33.3 Å². The molecule has 0 bridgehead atoms. The van der Waals surface area contributed by atoms with Crippen LogP contribution in [0.4, 0.5) is 11.4 Å². The van der Waals surface area contributed by atoms with E-state index < -0.39 is 0 Å². The molecule has 1 N–H and O–H groups in total. The molecule has 0 unspecified atom stereocenters. The molecule has 6 heteroatoms. The molecule has 1 aliphatic rings. The summed E-state index contributed by atoms with van der Waals surface area (Å²) in [4.78, 5) is 26.6. The van der Waals surface area contributed by atoms with Gasteiger partial charge in [0.05, 0.1) is 5.92 Å². The molecule has 0 saturated carbocycles. The first-order chi connectivity index (χ1) is 11.9. The summed E-state index contributed by atoms with van der Waals surface area (Å²) in [5, 5.41) is 2.98. The van der Waals surface area contributed by atoms with Crippen LogP contribution < -0.4 is 10.2 Å². The van der Waals surface area contributed by atoms with E-state index in [2.05, 4.69) is 37.2 Å². The first-order valence-corrected chi connectivity index (χ1v) is 9.58. The zero-order valence-corrected chi connectivity index (χ0v) is 17.1. The number of carbonyl (C=O) groups excluding carboxylic acids is 2. The normalized spacial score (nSPS) is 17.0. The van der Waals surface area contributed by atoms with Gasteiger partial charge in [-0.1, -0.05) is 31.9 Å². The maximum absolute atomic E-state index is 12.6. The van der Waals surface area contributed by atoms with Gasteiger partial charge in [0.15, 0.2) is 0 Å². The lowest BCUT2D eigenvalue weighted by atomic mass is 10.1. The summed E-state index contributed by atoms with van der Waals surface area (Å²) in [6, 6.07) is 11.3. The molecule has 1 aliphatic heterocycles. The van der Waals surface area contributed by atoms with Gasteiger partial charge >= 0.3 is 0 Å². The van der Waals surface area contributed by atoms with E-state index in [1.165, 1.54) is 0 Å². The summed E-state index contributed by atoms with van der Waals surface area (Å²) >= 11 is 6.88. The second-order valence-corrected chi connectivity index (χ2v) is 7.99. The van der Waals surface area contributed by atoms with Crippen molar-refractivity contribution in [3.05, 3.63) is 56.5 Å². The van der Waals surface area contributed by atoms with Gasteiger partial charge in [-0.2, -0.15) is 0 Å². The van der Waals surface area contributed by atoms with Gasteiger partial charge in [-0.25, -0.2) is 0 Å². The molecule has 130 valence electrons. The molecule has 0 radical (unpaired) electrons. The number of hydrogen-bond acceptors (Lipinski definition) is 2. The van der Waals surface area contributed by atoms with Crippen molar-refractivity contribution in [1.29, 1.82) is 0 Å². The topological polar surface area (TPSA) is 49.4 Å². The minimum Gasteiger partial charge on any atom is -0.326 e. The summed E-state index contributed by atoms with van der Waals surface area (Å²) in [6.07, 6.45) is 0.233. The van der Waals surface area contributed by atoms with E-state index in [-0.39, 0.29) is 24.2 Å². The van der Waals surface area contributed by atoms with Gasteiger partial charge < -0.3 is 10.2 Å². The molecule has 1 fully saturated rings. The monoisotopic (exact) mass is 464 g/mol. The van der Waals surface area contributed by atoms with Crippen molar-refractivity contribution in [2.45, 2.75) is 20.3 Å². The fraction of sp³-hybridized carbons (Fsp3) is 0.263. The fourth-order valence-electron chi connectivity index (χ4n) is 2.91. The third-order valence-corrected chi connectivity index (χ3v) is 6.00. The van der Waals surface area contributed by atoms with E-state index in [9.17, 15) is 9.59 Å². The van der Waals surface area contributed by atoms with Crippen LogP contribution in [0.15, 0.2) is 45.3 Å². The molecule has 1 atom stereocenters. The predicted octanol–water partition coefficient (Wildman–Crippen LogP) is 4.82. The van der Waals surface area contributed by atoms with Crippen LogP contribution in [0.2, 0.25) is 0 Å². The van der Waals surface area contributed by atoms with Gasteiger partial charge in [-0.3, -0.25) is 9.59 Å². The summed E-state index contributed by atoms with van der Waals surface area (Å²) < 4.78 is 1.97. The SMILES string of the molecule is Cc1c(Br)ccc(NC(=O)[C@@H]2CC(=O)N(c3ccc(Br)cc3)C2)c1C. The standard InChI is InChI=1S/C19H18Br2N2O2/c1-11-12(2)17(8-7-16(11)21)22-19(25)13-9-18(24)23(10-13)15-5-3-14(20)4-6-15/h3-8,13H,9-10H2,1-2H3,(H,22,25)/t13-/m1/s1. The van der Waals surface area contributed by atoms with E-state index in [0.29, 0.717) is 6.54 Å². The molecule has 0 aliphatic carbocycles. The summed E-state index contributed by atoms with van der Waals surface area (Å²) in [5.41, 5.74) is 3.73. The molecule has 2 amide bonds. The van der Waals surface area contributed by atoms with Crippen LogP contribution in [0.25, 0.3) is 0 Å². The molecule has 2 aromatic carbocycles. The third-order valence-electron chi connectivity index (χ3n) is 4.61. The molecule has 3 rings (SSSR count). The second-order valence-electron chi connectivity index (χ2n) is 6.22. The Morgan fingerprint density at radius 1 is 1.08 bits per heavy atom. The zero-order valence-electron chi connectivity index (χ0n) is 14.0. The van der Waals surface area contributed by atoms with E-state index in [4.69, 9.17) is 0 Å². The number of halogens is 2. The van der Waals surface area contributed by atoms with Gasteiger partial charge in [0.2, 0.25) is 11.8 Å². The van der Waals surface area contributed by atoms with Crippen molar-refractivity contribution in [3.8, 4) is 0 Å². The lowest BCUT2D eigenvalue weighted by molar-refractivity contribution is -0.122. The highest BCUT2D eigenvalue weighted by atomic mass is 79.9. The van der Waals surface area contributed by atoms with Crippen molar-refractivity contribution in [1.82, 2.24) is 0 Å². The van der Waals surface area contributed by atoms with Crippen LogP contribution in [-0.4, -0.2) is 18.4 Å². The Hall–Kier alpha value is -1.66. The van der Waals surface area contributed by atoms with Crippen LogP contribution in [-0.2, 0) is 9.59 Å². The van der Waals surface area contributed by atoms with E-state index in [1.807, 2.05) is 50.2 Å². The van der Waals surface area contributed by atoms with Crippen LogP contribution in [0.5, 0.6) is 0 Å². The predicted molar refractivity (Wildman–Crippen MR) is 107 cm³/mol. The van der Waals surface area contributed by atoms with Gasteiger partial charge in [0.25, 0.3) is 0 Å². The summed E-state index contributed by atoms with van der Waals surface area (Å²) in [5.74, 6) is -0.483. The largest absolute Gasteiger partial charge is 0.326 e. The van der Waals surface area contributed by atoms with Crippen molar-refractivity contribution in [2.24, 2.45) is 5.92 Å². The molecular formula is C19H18Br2N2O2. The lowest BCUT2D eigenvalue weighted by Gasteiger charge is -2.17. The van der Waals surface area contributed by atoms with Crippen molar-refractivity contribution in [2.75, 3.05) is 16.8 Å². The Morgan fingerprint density at radius 2 is 1.76 bits per heavy atom. The number of nitrogens with zero attached hydrogens (tertiary/aromatic N) is 1. The van der Waals surface area contributed by atoms with Crippen molar-refractivity contribution < 1.29 is 9.59 Å². The number of nitrogens with one attached hydrogen (secondary N) is 1. The molecule has 1 heterocycles. The highest BCUT2D eigenvalue weighted by Crippen LogP contribution is 2.29. The number of anilines is 2. The second kappa shape index (κ2) is 7.30. The average Bonchev–Trinajstić information content (AvgIpc) is 2.98. The number of hydrogen-bond donors (Lipinski definition) is 1. The third kappa shape index (κ3) is 3.80. The molecule has 0 spiro atoms. The highest BCUT2D eigenvalue weighted by Gasteiger charge is 2.35. The fourth-order valence-corrected chi connectivity index (χ4v) is 3.61. The van der Waals surface area contributed by atoms with Gasteiger partial charge in [0.1, 0.15) is 0 Å². The number of amides is 2. The number of rotatable bonds is 3. The summed E-state index contributed by atoms with van der Waals surface area (Å²) in [6.45, 7) is 4.38. The average molecular weight is 466 g/mol. The zero-order chi connectivity index (χ0) is 18.1. The molecule has 1 saturated heterocycles. The Balaban J connectivity index is 1.73. The maximum atomic E-state index is 12.6. The quantitative estimate of drug-likeness (QED) is 0.706. The first kappa shape index (κ1) is 18.1. The van der Waals surface area contributed by atoms with Crippen LogP contribution in [0.3, 0.4) is 0 Å². The Labute approximate surface area is 163 Å². The molecule has 25 heavy (non-hydrogen) atoms. The van der Waals surface area contributed by atoms with Crippen molar-refractivity contribution >= 4 is 55.0 Å². The smallest absolute Gasteiger partial charge is 0.229 e. The Kier molecular flexibility index (Phi) is 5.29. The molecular weight excluding hydrogens is 448 g/mol. The molecule has 0 aromatic heterocycles. The van der Waals surface area contributed by atoms with Crippen LogP contribution in [0.1, 0.15) is 17.5 Å². The van der Waals surface area contributed by atoms with E-state index in [0.717, 1.165) is 31.4 Å². The number of carbonyl (C=O) groups is 2. The minimum atomic E-state index is -0.348.